The molecular weight excluding hydrogens is 313 g/mol. The highest BCUT2D eigenvalue weighted by Crippen LogP contribution is 2.35. The largest absolute Gasteiger partial charge is 0.481 e. The molecule has 1 aromatic rings. The molecule has 1 aromatic carbocycles. The van der Waals surface area contributed by atoms with E-state index in [2.05, 4.69) is 5.32 Å². The molecule has 0 heterocycles. The number of hydrogen-bond acceptors (Lipinski definition) is 3. The van der Waals surface area contributed by atoms with Gasteiger partial charge in [-0.1, -0.05) is 23.2 Å². The second-order valence-corrected chi connectivity index (χ2v) is 6.06. The van der Waals surface area contributed by atoms with Crippen LogP contribution in [0.2, 0.25) is 10.0 Å². The zero-order valence-corrected chi connectivity index (χ0v) is 13.4. The third kappa shape index (κ3) is 4.11. The number of carbonyl (C=O) groups is 2. The molecule has 1 fully saturated rings. The Morgan fingerprint density at radius 3 is 2.62 bits per heavy atom. The van der Waals surface area contributed by atoms with E-state index in [0.29, 0.717) is 11.5 Å². The van der Waals surface area contributed by atoms with Crippen LogP contribution in [-0.4, -0.2) is 24.3 Å². The van der Waals surface area contributed by atoms with Gasteiger partial charge in [0.05, 0.1) is 10.6 Å². The van der Waals surface area contributed by atoms with Gasteiger partial charge in [-0.05, 0) is 44.7 Å². The van der Waals surface area contributed by atoms with E-state index in [9.17, 15) is 9.59 Å². The highest BCUT2D eigenvalue weighted by molar-refractivity contribution is 6.43. The van der Waals surface area contributed by atoms with Crippen molar-refractivity contribution in [2.24, 2.45) is 5.92 Å². The van der Waals surface area contributed by atoms with Crippen molar-refractivity contribution in [2.45, 2.75) is 32.7 Å². The van der Waals surface area contributed by atoms with E-state index in [4.69, 9.17) is 27.9 Å². The van der Waals surface area contributed by atoms with Crippen molar-refractivity contribution < 1.29 is 14.3 Å². The maximum absolute atomic E-state index is 11.8. The summed E-state index contributed by atoms with van der Waals surface area (Å²) in [6.07, 6.45) is 2.30. The maximum atomic E-state index is 11.8. The second-order valence-electron chi connectivity index (χ2n) is 5.28. The van der Waals surface area contributed by atoms with Gasteiger partial charge in [-0.25, -0.2) is 0 Å². The quantitative estimate of drug-likeness (QED) is 0.813. The molecule has 1 aliphatic carbocycles. The summed E-state index contributed by atoms with van der Waals surface area (Å²) < 4.78 is 5.42. The van der Waals surface area contributed by atoms with Crippen LogP contribution in [0.5, 0.6) is 5.75 Å². The molecule has 0 aromatic heterocycles. The van der Waals surface area contributed by atoms with Crippen LogP contribution in [0.3, 0.4) is 0 Å². The van der Waals surface area contributed by atoms with E-state index in [1.54, 1.807) is 0 Å². The Bertz CT molecular complexity index is 570. The average Bonchev–Trinajstić information content (AvgIpc) is 3.24. The molecule has 1 aliphatic rings. The number of rotatable bonds is 6. The van der Waals surface area contributed by atoms with E-state index < -0.39 is 0 Å². The van der Waals surface area contributed by atoms with Crippen LogP contribution in [0, 0.1) is 5.92 Å². The summed E-state index contributed by atoms with van der Waals surface area (Å²) in [7, 11) is 0. The maximum Gasteiger partial charge on any atom is 0.258 e. The van der Waals surface area contributed by atoms with Crippen LogP contribution in [0.4, 0.5) is 0 Å². The van der Waals surface area contributed by atoms with Gasteiger partial charge in [-0.2, -0.15) is 0 Å². The number of benzene rings is 1. The molecule has 0 aliphatic heterocycles. The molecule has 0 spiro atoms. The standard InChI is InChI=1S/C15H17Cl2NO3/c1-8(10-3-4-10)18-13(20)7-21-15-11(9(2)19)5-6-12(16)14(15)17/h5-6,8,10H,3-4,7H2,1-2H3,(H,18,20)/t8-/m1/s1. The zero-order chi connectivity index (χ0) is 15.6. The number of ether oxygens (including phenoxy) is 1. The van der Waals surface area contributed by atoms with Crippen molar-refractivity contribution in [3.8, 4) is 5.75 Å². The summed E-state index contributed by atoms with van der Waals surface area (Å²) >= 11 is 12.0. The van der Waals surface area contributed by atoms with Crippen LogP contribution in [-0.2, 0) is 4.79 Å². The number of amides is 1. The minimum Gasteiger partial charge on any atom is -0.481 e. The predicted molar refractivity (Wildman–Crippen MR) is 82.3 cm³/mol. The van der Waals surface area contributed by atoms with E-state index in [1.165, 1.54) is 19.1 Å². The number of hydrogen-bond donors (Lipinski definition) is 1. The smallest absolute Gasteiger partial charge is 0.258 e. The fraction of sp³-hybridized carbons (Fsp3) is 0.467. The Morgan fingerprint density at radius 2 is 2.05 bits per heavy atom. The first-order valence-corrected chi connectivity index (χ1v) is 7.57. The summed E-state index contributed by atoms with van der Waals surface area (Å²) in [5, 5.41) is 3.30. The van der Waals surface area contributed by atoms with Crippen LogP contribution < -0.4 is 10.1 Å². The Balaban J connectivity index is 2.03. The number of ketones is 1. The van der Waals surface area contributed by atoms with Gasteiger partial charge in [0.2, 0.25) is 0 Å². The van der Waals surface area contributed by atoms with E-state index in [1.807, 2.05) is 6.92 Å². The number of nitrogens with one attached hydrogen (secondary N) is 1. The average molecular weight is 330 g/mol. The predicted octanol–water partition coefficient (Wildman–Crippen LogP) is 3.49. The molecule has 0 radical (unpaired) electrons. The zero-order valence-electron chi connectivity index (χ0n) is 11.9. The molecular formula is C15H17Cl2NO3. The van der Waals surface area contributed by atoms with Crippen molar-refractivity contribution in [2.75, 3.05) is 6.61 Å². The van der Waals surface area contributed by atoms with Gasteiger partial charge >= 0.3 is 0 Å². The van der Waals surface area contributed by atoms with Crippen molar-refractivity contribution in [1.29, 1.82) is 0 Å². The molecule has 0 saturated heterocycles. The van der Waals surface area contributed by atoms with Crippen molar-refractivity contribution in [1.82, 2.24) is 5.32 Å². The molecule has 0 unspecified atom stereocenters. The van der Waals surface area contributed by atoms with Gasteiger partial charge in [0.1, 0.15) is 5.02 Å². The highest BCUT2D eigenvalue weighted by atomic mass is 35.5. The lowest BCUT2D eigenvalue weighted by Gasteiger charge is -2.15. The molecule has 4 nitrogen and oxygen atoms in total. The van der Waals surface area contributed by atoms with Crippen LogP contribution in [0.1, 0.15) is 37.0 Å². The third-order valence-corrected chi connectivity index (χ3v) is 4.28. The van der Waals surface area contributed by atoms with Crippen molar-refractivity contribution in [3.05, 3.63) is 27.7 Å². The molecule has 1 saturated carbocycles. The molecule has 2 rings (SSSR count). The fourth-order valence-electron chi connectivity index (χ4n) is 2.10. The van der Waals surface area contributed by atoms with Gasteiger partial charge in [0, 0.05) is 6.04 Å². The van der Waals surface area contributed by atoms with Crippen molar-refractivity contribution in [3.63, 3.8) is 0 Å². The minimum atomic E-state index is -0.236. The Morgan fingerprint density at radius 1 is 1.38 bits per heavy atom. The molecule has 21 heavy (non-hydrogen) atoms. The summed E-state index contributed by atoms with van der Waals surface area (Å²) in [6.45, 7) is 3.18. The first-order chi connectivity index (χ1) is 9.90. The van der Waals surface area contributed by atoms with Gasteiger partial charge in [0.15, 0.2) is 18.1 Å². The molecule has 1 N–H and O–H groups in total. The van der Waals surface area contributed by atoms with Crippen LogP contribution in [0.15, 0.2) is 12.1 Å². The normalized spacial score (nSPS) is 15.4. The summed E-state index contributed by atoms with van der Waals surface area (Å²) in [5.41, 5.74) is 0.312. The summed E-state index contributed by atoms with van der Waals surface area (Å²) in [6, 6.07) is 3.21. The Labute approximate surface area is 133 Å². The topological polar surface area (TPSA) is 55.4 Å². The number of carbonyl (C=O) groups excluding carboxylic acids is 2. The Kier molecular flexibility index (Phi) is 5.12. The van der Waals surface area contributed by atoms with Gasteiger partial charge < -0.3 is 10.1 Å². The highest BCUT2D eigenvalue weighted by Gasteiger charge is 2.29. The van der Waals surface area contributed by atoms with Gasteiger partial charge in [-0.15, -0.1) is 0 Å². The van der Waals surface area contributed by atoms with E-state index >= 15 is 0 Å². The summed E-state index contributed by atoms with van der Waals surface area (Å²) in [4.78, 5) is 23.4. The molecule has 1 atom stereocenters. The number of Topliss-reactive ketones (excluding diaryl/α,β-unsaturated/α-hetero) is 1. The monoisotopic (exact) mass is 329 g/mol. The molecule has 0 bridgehead atoms. The number of halogens is 2. The third-order valence-electron chi connectivity index (χ3n) is 3.49. The fourth-order valence-corrected chi connectivity index (χ4v) is 2.47. The molecule has 6 heteroatoms. The van der Waals surface area contributed by atoms with E-state index in [-0.39, 0.29) is 40.1 Å². The lowest BCUT2D eigenvalue weighted by atomic mass is 10.1. The van der Waals surface area contributed by atoms with E-state index in [0.717, 1.165) is 12.8 Å². The van der Waals surface area contributed by atoms with Gasteiger partial charge in [0.25, 0.3) is 5.91 Å². The minimum absolute atomic E-state index is 0.142. The van der Waals surface area contributed by atoms with Crippen LogP contribution >= 0.6 is 23.2 Å². The Hall–Kier alpha value is -1.26. The summed E-state index contributed by atoms with van der Waals surface area (Å²) in [5.74, 6) is 0.289. The van der Waals surface area contributed by atoms with Crippen molar-refractivity contribution >= 4 is 34.9 Å². The molecule has 1 amide bonds. The lowest BCUT2D eigenvalue weighted by Crippen LogP contribution is -2.37. The molecule has 114 valence electrons. The van der Waals surface area contributed by atoms with Gasteiger partial charge in [-0.3, -0.25) is 9.59 Å². The SMILES string of the molecule is CC(=O)c1ccc(Cl)c(Cl)c1OCC(=O)N[C@H](C)C1CC1. The lowest BCUT2D eigenvalue weighted by molar-refractivity contribution is -0.123. The van der Waals surface area contributed by atoms with Crippen LogP contribution in [0.25, 0.3) is 0 Å². The first kappa shape index (κ1) is 16.1. The first-order valence-electron chi connectivity index (χ1n) is 6.81. The second kappa shape index (κ2) is 6.67.